The molecule has 0 aliphatic heterocycles. The summed E-state index contributed by atoms with van der Waals surface area (Å²) in [5.41, 5.74) is 0. The summed E-state index contributed by atoms with van der Waals surface area (Å²) in [5.74, 6) is 1.69. The van der Waals surface area contributed by atoms with Crippen molar-refractivity contribution in [1.82, 2.24) is 5.32 Å². The van der Waals surface area contributed by atoms with Crippen molar-refractivity contribution in [2.45, 2.75) is 52.5 Å². The number of hydrogen-bond acceptors (Lipinski definition) is 2. The first-order valence-corrected chi connectivity index (χ1v) is 6.49. The molecule has 0 radical (unpaired) electrons. The molecule has 1 aliphatic carbocycles. The van der Waals surface area contributed by atoms with Crippen molar-refractivity contribution in [1.29, 1.82) is 0 Å². The molecule has 1 fully saturated rings. The van der Waals surface area contributed by atoms with Gasteiger partial charge < -0.3 is 10.1 Å². The summed E-state index contributed by atoms with van der Waals surface area (Å²) in [7, 11) is 0. The molecule has 1 rings (SSSR count). The quantitative estimate of drug-likeness (QED) is 0.595. The summed E-state index contributed by atoms with van der Waals surface area (Å²) in [6.45, 7) is 9.59. The van der Waals surface area contributed by atoms with Gasteiger partial charge in [0.25, 0.3) is 0 Å². The van der Waals surface area contributed by atoms with Gasteiger partial charge in [-0.15, -0.1) is 0 Å². The van der Waals surface area contributed by atoms with E-state index >= 15 is 0 Å². The molecule has 0 aromatic rings. The fourth-order valence-electron chi connectivity index (χ4n) is 1.78. The summed E-state index contributed by atoms with van der Waals surface area (Å²) in [5, 5.41) is 3.56. The monoisotopic (exact) mass is 213 g/mol. The minimum atomic E-state index is 0.659. The molecule has 1 unspecified atom stereocenters. The minimum Gasteiger partial charge on any atom is -0.381 e. The van der Waals surface area contributed by atoms with Crippen LogP contribution >= 0.6 is 0 Å². The van der Waals surface area contributed by atoms with Crippen LogP contribution in [0.1, 0.15) is 46.5 Å². The Bertz CT molecular complexity index is 155. The molecule has 90 valence electrons. The normalized spacial score (nSPS) is 18.4. The molecular weight excluding hydrogens is 186 g/mol. The molecule has 2 nitrogen and oxygen atoms in total. The maximum absolute atomic E-state index is 5.53. The smallest absolute Gasteiger partial charge is 0.0489 e. The molecule has 1 atom stereocenters. The van der Waals surface area contributed by atoms with Crippen LogP contribution in [0.5, 0.6) is 0 Å². The molecule has 15 heavy (non-hydrogen) atoms. The summed E-state index contributed by atoms with van der Waals surface area (Å²) in [6, 6.07) is 0.697. The van der Waals surface area contributed by atoms with Crippen LogP contribution in [0.25, 0.3) is 0 Å². The molecule has 0 aromatic carbocycles. The summed E-state index contributed by atoms with van der Waals surface area (Å²) >= 11 is 0. The Morgan fingerprint density at radius 1 is 1.27 bits per heavy atom. The largest absolute Gasteiger partial charge is 0.381 e. The Labute approximate surface area is 94.8 Å². The SMILES string of the molecule is CC(C)COCCCNC(C)CC1CC1. The predicted molar refractivity (Wildman–Crippen MR) is 65.1 cm³/mol. The van der Waals surface area contributed by atoms with Gasteiger partial charge in [-0.1, -0.05) is 26.7 Å². The highest BCUT2D eigenvalue weighted by atomic mass is 16.5. The van der Waals surface area contributed by atoms with Crippen LogP contribution in [0.3, 0.4) is 0 Å². The van der Waals surface area contributed by atoms with Gasteiger partial charge in [-0.2, -0.15) is 0 Å². The van der Waals surface area contributed by atoms with E-state index < -0.39 is 0 Å². The predicted octanol–water partition coefficient (Wildman–Crippen LogP) is 2.83. The molecule has 0 saturated heterocycles. The highest BCUT2D eigenvalue weighted by Gasteiger charge is 2.22. The van der Waals surface area contributed by atoms with Crippen molar-refractivity contribution < 1.29 is 4.74 Å². The standard InChI is InChI=1S/C13H27NO/c1-11(2)10-15-8-4-7-14-12(3)9-13-5-6-13/h11-14H,4-10H2,1-3H3. The Morgan fingerprint density at radius 2 is 2.00 bits per heavy atom. The molecule has 1 aliphatic rings. The molecule has 2 heteroatoms. The van der Waals surface area contributed by atoms with E-state index in [9.17, 15) is 0 Å². The fourth-order valence-corrected chi connectivity index (χ4v) is 1.78. The third-order valence-corrected chi connectivity index (χ3v) is 2.79. The second-order valence-corrected chi connectivity index (χ2v) is 5.36. The van der Waals surface area contributed by atoms with Crippen LogP contribution in [-0.4, -0.2) is 25.8 Å². The van der Waals surface area contributed by atoms with E-state index in [1.807, 2.05) is 0 Å². The van der Waals surface area contributed by atoms with Crippen molar-refractivity contribution >= 4 is 0 Å². The van der Waals surface area contributed by atoms with E-state index in [-0.39, 0.29) is 0 Å². The zero-order valence-corrected chi connectivity index (χ0v) is 10.6. The lowest BCUT2D eigenvalue weighted by Gasteiger charge is -2.13. The van der Waals surface area contributed by atoms with E-state index in [2.05, 4.69) is 26.1 Å². The van der Waals surface area contributed by atoms with Gasteiger partial charge in [0.2, 0.25) is 0 Å². The van der Waals surface area contributed by atoms with Crippen LogP contribution in [0.15, 0.2) is 0 Å². The van der Waals surface area contributed by atoms with Crippen LogP contribution in [0, 0.1) is 11.8 Å². The van der Waals surface area contributed by atoms with Gasteiger partial charge in [-0.3, -0.25) is 0 Å². The number of hydrogen-bond donors (Lipinski definition) is 1. The molecule has 0 bridgehead atoms. The lowest BCUT2D eigenvalue weighted by atomic mass is 10.1. The highest BCUT2D eigenvalue weighted by Crippen LogP contribution is 2.33. The van der Waals surface area contributed by atoms with Crippen molar-refractivity contribution in [3.05, 3.63) is 0 Å². The maximum Gasteiger partial charge on any atom is 0.0489 e. The van der Waals surface area contributed by atoms with E-state index in [0.29, 0.717) is 12.0 Å². The molecule has 0 heterocycles. The summed E-state index contributed by atoms with van der Waals surface area (Å²) < 4.78 is 5.53. The Morgan fingerprint density at radius 3 is 2.60 bits per heavy atom. The zero-order chi connectivity index (χ0) is 11.1. The number of nitrogens with one attached hydrogen (secondary N) is 1. The first kappa shape index (κ1) is 13.0. The van der Waals surface area contributed by atoms with Gasteiger partial charge in [0.15, 0.2) is 0 Å². The van der Waals surface area contributed by atoms with Crippen LogP contribution < -0.4 is 5.32 Å². The van der Waals surface area contributed by atoms with Gasteiger partial charge in [0.05, 0.1) is 0 Å². The second kappa shape index (κ2) is 7.24. The fraction of sp³-hybridized carbons (Fsp3) is 1.00. The van der Waals surface area contributed by atoms with Gasteiger partial charge in [0.1, 0.15) is 0 Å². The number of ether oxygens (including phenoxy) is 1. The number of rotatable bonds is 9. The third-order valence-electron chi connectivity index (χ3n) is 2.79. The molecule has 0 spiro atoms. The first-order valence-electron chi connectivity index (χ1n) is 6.49. The van der Waals surface area contributed by atoms with Crippen molar-refractivity contribution in [3.8, 4) is 0 Å². The average Bonchev–Trinajstić information content (AvgIpc) is 2.94. The first-order chi connectivity index (χ1) is 7.18. The highest BCUT2D eigenvalue weighted by molar-refractivity contribution is 4.77. The molecule has 0 amide bonds. The molecular formula is C13H27NO. The van der Waals surface area contributed by atoms with E-state index in [1.54, 1.807) is 0 Å². The zero-order valence-electron chi connectivity index (χ0n) is 10.6. The van der Waals surface area contributed by atoms with Gasteiger partial charge in [0, 0.05) is 19.3 Å². The Balaban J connectivity index is 1.79. The van der Waals surface area contributed by atoms with Crippen molar-refractivity contribution in [2.75, 3.05) is 19.8 Å². The Hall–Kier alpha value is -0.0800. The topological polar surface area (TPSA) is 21.3 Å². The summed E-state index contributed by atoms with van der Waals surface area (Å²) in [6.07, 6.45) is 5.43. The van der Waals surface area contributed by atoms with Crippen LogP contribution in [0.2, 0.25) is 0 Å². The lowest BCUT2D eigenvalue weighted by Crippen LogP contribution is -2.28. The van der Waals surface area contributed by atoms with E-state index in [1.165, 1.54) is 19.3 Å². The minimum absolute atomic E-state index is 0.659. The second-order valence-electron chi connectivity index (χ2n) is 5.36. The van der Waals surface area contributed by atoms with Gasteiger partial charge in [-0.05, 0) is 38.1 Å². The third kappa shape index (κ3) is 7.80. The van der Waals surface area contributed by atoms with Gasteiger partial charge in [-0.25, -0.2) is 0 Å². The molecule has 1 saturated carbocycles. The van der Waals surface area contributed by atoms with E-state index in [4.69, 9.17) is 4.74 Å². The summed E-state index contributed by atoms with van der Waals surface area (Å²) in [4.78, 5) is 0. The van der Waals surface area contributed by atoms with Crippen molar-refractivity contribution in [2.24, 2.45) is 11.8 Å². The Kier molecular flexibility index (Phi) is 6.26. The van der Waals surface area contributed by atoms with Gasteiger partial charge >= 0.3 is 0 Å². The van der Waals surface area contributed by atoms with Crippen LogP contribution in [0.4, 0.5) is 0 Å². The average molecular weight is 213 g/mol. The maximum atomic E-state index is 5.53. The lowest BCUT2D eigenvalue weighted by molar-refractivity contribution is 0.107. The van der Waals surface area contributed by atoms with Crippen LogP contribution in [-0.2, 0) is 4.74 Å². The van der Waals surface area contributed by atoms with Crippen molar-refractivity contribution in [3.63, 3.8) is 0 Å². The molecule has 1 N–H and O–H groups in total. The van der Waals surface area contributed by atoms with E-state index in [0.717, 1.165) is 32.1 Å². The molecule has 0 aromatic heterocycles.